The molecule has 3 rings (SSSR count). The number of rotatable bonds is 8. The van der Waals surface area contributed by atoms with Crippen LogP contribution in [-0.4, -0.2) is 55.2 Å². The number of hydrogen-bond donors (Lipinski definition) is 1. The van der Waals surface area contributed by atoms with Crippen LogP contribution in [0.15, 0.2) is 54.6 Å². The zero-order valence-corrected chi connectivity index (χ0v) is 16.6. The topological polar surface area (TPSA) is 66.8 Å². The van der Waals surface area contributed by atoms with Crippen molar-refractivity contribution in [1.82, 2.24) is 4.90 Å². The minimum atomic E-state index is -3.02. The van der Waals surface area contributed by atoms with Crippen LogP contribution in [0.4, 0.5) is 0 Å². The molecule has 0 radical (unpaired) electrons. The molecule has 1 aliphatic rings. The number of ether oxygens (including phenoxy) is 1. The SMILES string of the molecule is O=S1(=O)CCC(N(Cc2ccccc2Cl)CC(O)COc2ccccc2)C1. The third kappa shape index (κ3) is 5.94. The standard InChI is InChI=1S/C20H24ClNO4S/c21-20-9-5-4-6-16(20)12-22(17-10-11-27(24,25)15-17)13-18(23)14-26-19-7-2-1-3-8-19/h1-9,17-18,23H,10-15H2. The van der Waals surface area contributed by atoms with Gasteiger partial charge in [-0.1, -0.05) is 48.0 Å². The van der Waals surface area contributed by atoms with Crippen molar-refractivity contribution in [2.24, 2.45) is 0 Å². The van der Waals surface area contributed by atoms with E-state index in [1.165, 1.54) is 0 Å². The molecule has 1 N–H and O–H groups in total. The maximum absolute atomic E-state index is 11.9. The Morgan fingerprint density at radius 1 is 1.15 bits per heavy atom. The molecule has 1 heterocycles. The number of aliphatic hydroxyl groups is 1. The number of hydrogen-bond acceptors (Lipinski definition) is 5. The van der Waals surface area contributed by atoms with Gasteiger partial charge in [0.05, 0.1) is 11.5 Å². The zero-order chi connectivity index (χ0) is 19.3. The van der Waals surface area contributed by atoms with Crippen molar-refractivity contribution in [3.05, 3.63) is 65.2 Å². The molecule has 146 valence electrons. The van der Waals surface area contributed by atoms with E-state index in [0.29, 0.717) is 30.3 Å². The Morgan fingerprint density at radius 3 is 2.52 bits per heavy atom. The lowest BCUT2D eigenvalue weighted by Crippen LogP contribution is -2.42. The summed E-state index contributed by atoms with van der Waals surface area (Å²) in [6, 6.07) is 16.7. The Labute approximate surface area is 165 Å². The lowest BCUT2D eigenvalue weighted by molar-refractivity contribution is 0.0525. The summed E-state index contributed by atoms with van der Waals surface area (Å²) in [5.41, 5.74) is 0.916. The molecule has 1 saturated heterocycles. The number of sulfone groups is 1. The van der Waals surface area contributed by atoms with Crippen molar-refractivity contribution in [2.75, 3.05) is 24.7 Å². The quantitative estimate of drug-likeness (QED) is 0.726. The van der Waals surface area contributed by atoms with Gasteiger partial charge >= 0.3 is 0 Å². The van der Waals surface area contributed by atoms with Crippen molar-refractivity contribution in [3.63, 3.8) is 0 Å². The number of para-hydroxylation sites is 1. The highest BCUT2D eigenvalue weighted by molar-refractivity contribution is 7.91. The van der Waals surface area contributed by atoms with Crippen LogP contribution in [0.5, 0.6) is 5.75 Å². The molecule has 1 fully saturated rings. The van der Waals surface area contributed by atoms with Gasteiger partial charge in [0.1, 0.15) is 18.5 Å². The van der Waals surface area contributed by atoms with Crippen LogP contribution < -0.4 is 4.74 Å². The molecule has 0 bridgehead atoms. The van der Waals surface area contributed by atoms with Crippen LogP contribution in [0.1, 0.15) is 12.0 Å². The van der Waals surface area contributed by atoms with Gasteiger partial charge in [0.2, 0.25) is 0 Å². The average Bonchev–Trinajstić information content (AvgIpc) is 3.02. The fourth-order valence-electron chi connectivity index (χ4n) is 3.28. The Morgan fingerprint density at radius 2 is 1.85 bits per heavy atom. The van der Waals surface area contributed by atoms with Crippen molar-refractivity contribution in [1.29, 1.82) is 0 Å². The fraction of sp³-hybridized carbons (Fsp3) is 0.400. The number of aliphatic hydroxyl groups excluding tert-OH is 1. The Bertz CT molecular complexity index is 844. The smallest absolute Gasteiger partial charge is 0.151 e. The largest absolute Gasteiger partial charge is 0.491 e. The molecule has 0 aromatic heterocycles. The summed E-state index contributed by atoms with van der Waals surface area (Å²) in [7, 11) is -3.02. The number of benzene rings is 2. The van der Waals surface area contributed by atoms with E-state index in [2.05, 4.69) is 0 Å². The first-order chi connectivity index (χ1) is 12.9. The Kier molecular flexibility index (Phi) is 6.76. The molecule has 2 unspecified atom stereocenters. The van der Waals surface area contributed by atoms with E-state index in [0.717, 1.165) is 5.56 Å². The van der Waals surface area contributed by atoms with Crippen molar-refractivity contribution < 1.29 is 18.3 Å². The molecular weight excluding hydrogens is 386 g/mol. The first-order valence-corrected chi connectivity index (χ1v) is 11.2. The second-order valence-corrected chi connectivity index (χ2v) is 9.49. The molecule has 2 atom stereocenters. The summed E-state index contributed by atoms with van der Waals surface area (Å²) in [5, 5.41) is 11.1. The van der Waals surface area contributed by atoms with E-state index >= 15 is 0 Å². The molecule has 0 saturated carbocycles. The Balaban J connectivity index is 1.66. The third-order valence-electron chi connectivity index (χ3n) is 4.69. The van der Waals surface area contributed by atoms with Crippen LogP contribution in [-0.2, 0) is 16.4 Å². The predicted molar refractivity (Wildman–Crippen MR) is 107 cm³/mol. The predicted octanol–water partition coefficient (Wildman–Crippen LogP) is 2.77. The lowest BCUT2D eigenvalue weighted by Gasteiger charge is -2.30. The van der Waals surface area contributed by atoms with E-state index in [1.54, 1.807) is 0 Å². The third-order valence-corrected chi connectivity index (χ3v) is 6.81. The van der Waals surface area contributed by atoms with Gasteiger partial charge in [-0.15, -0.1) is 0 Å². The summed E-state index contributed by atoms with van der Waals surface area (Å²) < 4.78 is 29.5. The lowest BCUT2D eigenvalue weighted by atomic mass is 10.1. The highest BCUT2D eigenvalue weighted by Gasteiger charge is 2.33. The molecule has 7 heteroatoms. The van der Waals surface area contributed by atoms with E-state index in [1.807, 2.05) is 59.5 Å². The number of nitrogens with zero attached hydrogens (tertiary/aromatic N) is 1. The van der Waals surface area contributed by atoms with Gasteiger partial charge in [0.15, 0.2) is 9.84 Å². The van der Waals surface area contributed by atoms with Gasteiger partial charge in [0.25, 0.3) is 0 Å². The van der Waals surface area contributed by atoms with Gasteiger partial charge < -0.3 is 9.84 Å². The maximum Gasteiger partial charge on any atom is 0.151 e. The second kappa shape index (κ2) is 9.06. The average molecular weight is 410 g/mol. The molecule has 2 aromatic carbocycles. The van der Waals surface area contributed by atoms with Crippen LogP contribution in [0, 0.1) is 0 Å². The van der Waals surface area contributed by atoms with Crippen LogP contribution in [0.25, 0.3) is 0 Å². The molecule has 1 aliphatic heterocycles. The van der Waals surface area contributed by atoms with Crippen LogP contribution in [0.3, 0.4) is 0 Å². The van der Waals surface area contributed by atoms with E-state index in [9.17, 15) is 13.5 Å². The van der Waals surface area contributed by atoms with E-state index < -0.39 is 15.9 Å². The van der Waals surface area contributed by atoms with Crippen LogP contribution >= 0.6 is 11.6 Å². The minimum Gasteiger partial charge on any atom is -0.491 e. The monoisotopic (exact) mass is 409 g/mol. The van der Waals surface area contributed by atoms with Gasteiger partial charge in [0, 0.05) is 24.2 Å². The van der Waals surface area contributed by atoms with E-state index in [-0.39, 0.29) is 24.2 Å². The highest BCUT2D eigenvalue weighted by atomic mass is 35.5. The minimum absolute atomic E-state index is 0.115. The summed E-state index contributed by atoms with van der Waals surface area (Å²) in [6.45, 7) is 0.947. The highest BCUT2D eigenvalue weighted by Crippen LogP contribution is 2.23. The van der Waals surface area contributed by atoms with Gasteiger partial charge in [-0.2, -0.15) is 0 Å². The van der Waals surface area contributed by atoms with Crippen molar-refractivity contribution in [3.8, 4) is 5.75 Å². The first kappa shape index (κ1) is 20.1. The molecule has 5 nitrogen and oxygen atoms in total. The first-order valence-electron chi connectivity index (χ1n) is 8.97. The molecule has 0 spiro atoms. The molecule has 0 amide bonds. The molecular formula is C20H24ClNO4S. The Hall–Kier alpha value is -1.60. The normalized spacial score (nSPS) is 19.9. The van der Waals surface area contributed by atoms with Gasteiger partial charge in [-0.05, 0) is 30.2 Å². The van der Waals surface area contributed by atoms with Crippen molar-refractivity contribution in [2.45, 2.75) is 25.1 Å². The molecule has 2 aromatic rings. The molecule has 0 aliphatic carbocycles. The van der Waals surface area contributed by atoms with Gasteiger partial charge in [-0.25, -0.2) is 8.42 Å². The summed E-state index contributed by atoms with van der Waals surface area (Å²) in [5.74, 6) is 0.995. The second-order valence-electron chi connectivity index (χ2n) is 6.86. The molecule has 27 heavy (non-hydrogen) atoms. The zero-order valence-electron chi connectivity index (χ0n) is 15.0. The number of halogens is 1. The van der Waals surface area contributed by atoms with E-state index in [4.69, 9.17) is 16.3 Å². The maximum atomic E-state index is 11.9. The fourth-order valence-corrected chi connectivity index (χ4v) is 5.24. The van der Waals surface area contributed by atoms with Gasteiger partial charge in [-0.3, -0.25) is 4.90 Å². The summed E-state index contributed by atoms with van der Waals surface area (Å²) >= 11 is 6.28. The van der Waals surface area contributed by atoms with Crippen molar-refractivity contribution >= 4 is 21.4 Å². The van der Waals surface area contributed by atoms with Crippen LogP contribution in [0.2, 0.25) is 5.02 Å². The summed E-state index contributed by atoms with van der Waals surface area (Å²) in [4.78, 5) is 2.00. The summed E-state index contributed by atoms with van der Waals surface area (Å²) in [6.07, 6.45) is -0.171.